The molecule has 132 valence electrons. The van der Waals surface area contributed by atoms with Crippen LogP contribution in [0, 0.1) is 0 Å². The van der Waals surface area contributed by atoms with E-state index in [1.165, 1.54) is 11.3 Å². The van der Waals surface area contributed by atoms with Crippen molar-refractivity contribution in [2.45, 2.75) is 11.0 Å². The van der Waals surface area contributed by atoms with Gasteiger partial charge in [-0.3, -0.25) is 0 Å². The van der Waals surface area contributed by atoms with Crippen molar-refractivity contribution in [1.82, 2.24) is 4.57 Å². The molecule has 1 aliphatic carbocycles. The molecule has 1 aliphatic rings. The highest BCUT2D eigenvalue weighted by molar-refractivity contribution is 7.09. The molecule has 2 atom stereocenters. The maximum atomic E-state index is 10.7. The van der Waals surface area contributed by atoms with Crippen molar-refractivity contribution >= 4 is 46.1 Å². The molecule has 0 saturated carbocycles. The Morgan fingerprint density at radius 3 is 2.52 bits per heavy atom. The van der Waals surface area contributed by atoms with Gasteiger partial charge in [-0.15, -0.1) is 0 Å². The number of rotatable bonds is 2. The van der Waals surface area contributed by atoms with Crippen molar-refractivity contribution in [2.75, 3.05) is 0 Å². The molecule has 0 fully saturated rings. The maximum Gasteiger partial charge on any atom is 0.208 e. The fraction of sp³-hybridized carbons (Fsp3) is 0.188. The van der Waals surface area contributed by atoms with Gasteiger partial charge in [0.15, 0.2) is 5.06 Å². The van der Waals surface area contributed by atoms with E-state index in [0.29, 0.717) is 9.68 Å². The van der Waals surface area contributed by atoms with Gasteiger partial charge in [0.25, 0.3) is 0 Å². The topological polar surface area (TPSA) is 83.8 Å². The summed E-state index contributed by atoms with van der Waals surface area (Å²) in [5.74, 6) is 4.23. The number of nitrogens with zero attached hydrogens (tertiary/aromatic N) is 2. The van der Waals surface area contributed by atoms with Crippen LogP contribution in [-0.4, -0.2) is 19.8 Å². The number of benzene rings is 1. The first-order chi connectivity index (χ1) is 11.8. The number of nitrogens with two attached hydrogens (primary N) is 1. The van der Waals surface area contributed by atoms with Crippen LogP contribution >= 0.6 is 46.1 Å². The molecule has 0 amide bonds. The van der Waals surface area contributed by atoms with Gasteiger partial charge in [-0.05, 0) is 11.6 Å². The third kappa shape index (κ3) is 3.09. The summed E-state index contributed by atoms with van der Waals surface area (Å²) in [4.78, 5) is 1.11. The zero-order valence-electron chi connectivity index (χ0n) is 12.9. The maximum absolute atomic E-state index is 10.7. The van der Waals surface area contributed by atoms with Crippen molar-refractivity contribution in [3.8, 4) is 11.3 Å². The minimum absolute atomic E-state index is 0.0485. The molecule has 5 nitrogen and oxygen atoms in total. The number of alkyl halides is 1. The summed E-state index contributed by atoms with van der Waals surface area (Å²) in [6.45, 7) is 0. The van der Waals surface area contributed by atoms with Gasteiger partial charge in [-0.2, -0.15) is 5.10 Å². The zero-order chi connectivity index (χ0) is 18.4. The molecule has 1 aromatic carbocycles. The standard InChI is InChI=1S/C16H14Cl3N3O2S/c1-22-12(8-5-3-2-4-6-8)14(25-15(22)21-20)10-11(18)13(23)9(17)7-16(10,19)24/h2-7,10,23-24H,20H2,1H3. The Bertz CT molecular complexity index is 945. The molecule has 0 saturated heterocycles. The lowest BCUT2D eigenvalue weighted by Crippen LogP contribution is -2.31. The Morgan fingerprint density at radius 2 is 1.92 bits per heavy atom. The third-order valence-corrected chi connectivity index (χ3v) is 6.14. The lowest BCUT2D eigenvalue weighted by molar-refractivity contribution is 0.157. The first-order valence-electron chi connectivity index (χ1n) is 7.15. The van der Waals surface area contributed by atoms with Gasteiger partial charge < -0.3 is 20.6 Å². The molecular formula is C16H14Cl3N3O2S. The highest BCUT2D eigenvalue weighted by atomic mass is 35.5. The Labute approximate surface area is 162 Å². The number of aliphatic hydroxyl groups is 2. The number of thiazole rings is 1. The van der Waals surface area contributed by atoms with E-state index in [1.807, 2.05) is 30.3 Å². The minimum atomic E-state index is -1.91. The number of allylic oxidation sites excluding steroid dienone is 1. The molecule has 0 spiro atoms. The van der Waals surface area contributed by atoms with Crippen LogP contribution in [-0.2, 0) is 7.05 Å². The summed E-state index contributed by atoms with van der Waals surface area (Å²) < 4.78 is 1.78. The molecule has 1 aromatic heterocycles. The molecule has 25 heavy (non-hydrogen) atoms. The molecule has 4 N–H and O–H groups in total. The van der Waals surface area contributed by atoms with Gasteiger partial charge in [0, 0.05) is 11.9 Å². The summed E-state index contributed by atoms with van der Waals surface area (Å²) >= 11 is 19.7. The van der Waals surface area contributed by atoms with Gasteiger partial charge in [0.1, 0.15) is 5.76 Å². The number of hydrogen-bond donors (Lipinski definition) is 3. The molecule has 3 rings (SSSR count). The number of aromatic nitrogens is 1. The second kappa shape index (κ2) is 6.70. The van der Waals surface area contributed by atoms with Gasteiger partial charge in [0.05, 0.1) is 21.7 Å². The molecule has 0 radical (unpaired) electrons. The van der Waals surface area contributed by atoms with Gasteiger partial charge >= 0.3 is 0 Å². The second-order valence-electron chi connectivity index (χ2n) is 5.50. The lowest BCUT2D eigenvalue weighted by atomic mass is 9.91. The predicted octanol–water partition coefficient (Wildman–Crippen LogP) is 3.68. The van der Waals surface area contributed by atoms with Crippen LogP contribution in [0.5, 0.6) is 0 Å². The predicted molar refractivity (Wildman–Crippen MR) is 101 cm³/mol. The normalized spacial score (nSPS) is 24.6. The molecule has 9 heteroatoms. The highest BCUT2D eigenvalue weighted by Gasteiger charge is 2.44. The highest BCUT2D eigenvalue weighted by Crippen LogP contribution is 2.50. The summed E-state index contributed by atoms with van der Waals surface area (Å²) in [5, 5.41) is 22.5. The molecule has 2 aromatic rings. The Hall–Kier alpha value is -1.44. The smallest absolute Gasteiger partial charge is 0.208 e. The van der Waals surface area contributed by atoms with Crippen LogP contribution in [0.4, 0.5) is 0 Å². The fourth-order valence-electron chi connectivity index (χ4n) is 2.77. The van der Waals surface area contributed by atoms with Gasteiger partial charge in [0.2, 0.25) is 4.80 Å². The van der Waals surface area contributed by atoms with Crippen molar-refractivity contribution in [2.24, 2.45) is 18.0 Å². The summed E-state index contributed by atoms with van der Waals surface area (Å²) in [6.07, 6.45) is 1.16. The first-order valence-corrected chi connectivity index (χ1v) is 9.10. The average molecular weight is 419 g/mol. The van der Waals surface area contributed by atoms with Crippen LogP contribution in [0.1, 0.15) is 10.8 Å². The van der Waals surface area contributed by atoms with Crippen LogP contribution in [0.25, 0.3) is 11.3 Å². The van der Waals surface area contributed by atoms with Gasteiger partial charge in [-0.1, -0.05) is 76.5 Å². The second-order valence-corrected chi connectivity index (χ2v) is 7.93. The van der Waals surface area contributed by atoms with Gasteiger partial charge in [-0.25, -0.2) is 0 Å². The SMILES string of the molecule is Cn1c(-c2ccccc2)c(C2C(Cl)=C(O)C(Cl)=CC2(O)Cl)sc1=NN. The molecular weight excluding hydrogens is 405 g/mol. The molecule has 1 heterocycles. The zero-order valence-corrected chi connectivity index (χ0v) is 16.0. The van der Waals surface area contributed by atoms with Crippen molar-refractivity contribution in [3.63, 3.8) is 0 Å². The van der Waals surface area contributed by atoms with Crippen molar-refractivity contribution < 1.29 is 10.2 Å². The quantitative estimate of drug-likeness (QED) is 0.395. The van der Waals surface area contributed by atoms with E-state index >= 15 is 0 Å². The number of aliphatic hydroxyl groups excluding tert-OH is 1. The number of halogens is 3. The first kappa shape index (κ1) is 18.4. The van der Waals surface area contributed by atoms with Crippen LogP contribution in [0.15, 0.2) is 57.3 Å². The van der Waals surface area contributed by atoms with Crippen LogP contribution < -0.4 is 10.6 Å². The van der Waals surface area contributed by atoms with E-state index in [0.717, 1.165) is 17.3 Å². The monoisotopic (exact) mass is 417 g/mol. The molecule has 0 bridgehead atoms. The van der Waals surface area contributed by atoms with Crippen LogP contribution in [0.2, 0.25) is 0 Å². The van der Waals surface area contributed by atoms with E-state index < -0.39 is 11.0 Å². The minimum Gasteiger partial charge on any atom is -0.505 e. The van der Waals surface area contributed by atoms with Crippen molar-refractivity contribution in [1.29, 1.82) is 0 Å². The Balaban J connectivity index is 2.32. The molecule has 0 aliphatic heterocycles. The summed E-state index contributed by atoms with van der Waals surface area (Å²) in [7, 11) is 1.80. The van der Waals surface area contributed by atoms with Crippen molar-refractivity contribution in [3.05, 3.63) is 61.9 Å². The van der Waals surface area contributed by atoms with Crippen LogP contribution in [0.3, 0.4) is 0 Å². The van der Waals surface area contributed by atoms with E-state index in [1.54, 1.807) is 11.6 Å². The van der Waals surface area contributed by atoms with E-state index in [4.69, 9.17) is 40.6 Å². The van der Waals surface area contributed by atoms with E-state index in [-0.39, 0.29) is 15.8 Å². The largest absolute Gasteiger partial charge is 0.505 e. The Morgan fingerprint density at radius 1 is 1.28 bits per heavy atom. The van der Waals surface area contributed by atoms with E-state index in [9.17, 15) is 10.2 Å². The number of hydrogen-bond acceptors (Lipinski definition) is 5. The summed E-state index contributed by atoms with van der Waals surface area (Å²) in [6, 6.07) is 9.47. The average Bonchev–Trinajstić information content (AvgIpc) is 2.89. The molecule has 2 unspecified atom stereocenters. The lowest BCUT2D eigenvalue weighted by Gasteiger charge is -2.31. The third-order valence-electron chi connectivity index (χ3n) is 3.92. The van der Waals surface area contributed by atoms with E-state index in [2.05, 4.69) is 5.10 Å². The fourth-order valence-corrected chi connectivity index (χ4v) is 5.28. The Kier molecular flexibility index (Phi) is 4.92. The summed E-state index contributed by atoms with van der Waals surface area (Å²) in [5.41, 5.74) is 1.60.